The summed E-state index contributed by atoms with van der Waals surface area (Å²) in [5, 5.41) is 9.22. The van der Waals surface area contributed by atoms with Crippen molar-refractivity contribution in [2.75, 3.05) is 4.72 Å². The number of aromatic carboxylic acids is 1. The van der Waals surface area contributed by atoms with E-state index < -0.39 is 16.0 Å². The molecule has 2 N–H and O–H groups in total. The van der Waals surface area contributed by atoms with Crippen LogP contribution in [0.4, 0.5) is 5.13 Å². The van der Waals surface area contributed by atoms with Crippen molar-refractivity contribution >= 4 is 32.5 Å². The molecule has 0 aliphatic carbocycles. The van der Waals surface area contributed by atoms with Crippen LogP contribution in [0.3, 0.4) is 0 Å². The summed E-state index contributed by atoms with van der Waals surface area (Å²) in [6, 6.07) is 5.86. The predicted molar refractivity (Wildman–Crippen MR) is 81.2 cm³/mol. The van der Waals surface area contributed by atoms with Crippen molar-refractivity contribution in [2.24, 2.45) is 0 Å². The first kappa shape index (κ1) is 15.5. The van der Waals surface area contributed by atoms with Gasteiger partial charge in [-0.2, -0.15) is 0 Å². The number of benzene rings is 1. The van der Waals surface area contributed by atoms with Gasteiger partial charge < -0.3 is 5.11 Å². The molecular weight excluding hydrogens is 312 g/mol. The Morgan fingerprint density at radius 1 is 1.38 bits per heavy atom. The third kappa shape index (κ3) is 4.02. The summed E-state index contributed by atoms with van der Waals surface area (Å²) in [6.07, 6.45) is 0. The molecule has 0 aliphatic heterocycles. The second kappa shape index (κ2) is 5.82. The molecule has 2 rings (SSSR count). The number of thiazole rings is 1. The number of nitrogens with one attached hydrogen (secondary N) is 1. The molecule has 0 saturated carbocycles. The summed E-state index contributed by atoms with van der Waals surface area (Å²) in [7, 11) is -3.63. The standard InChI is InChI=1S/C13H14N2O4S2/c1-8-9(2)20-13(14-8)15-21(18,19)7-10-4-3-5-11(6-10)12(16)17/h3-6H,7H2,1-2H3,(H,14,15)(H,16,17). The predicted octanol–water partition coefficient (Wildman–Crippen LogP) is 2.40. The van der Waals surface area contributed by atoms with Crippen molar-refractivity contribution < 1.29 is 18.3 Å². The Labute approximate surface area is 126 Å². The molecule has 0 radical (unpaired) electrons. The monoisotopic (exact) mass is 326 g/mol. The van der Waals surface area contributed by atoms with Crippen molar-refractivity contribution in [3.63, 3.8) is 0 Å². The zero-order valence-electron chi connectivity index (χ0n) is 11.5. The summed E-state index contributed by atoms with van der Waals surface area (Å²) in [5.41, 5.74) is 1.25. The first-order valence-corrected chi connectivity index (χ1v) is 8.50. The zero-order valence-corrected chi connectivity index (χ0v) is 13.1. The maximum absolute atomic E-state index is 12.1. The normalized spacial score (nSPS) is 11.3. The Kier molecular flexibility index (Phi) is 4.29. The van der Waals surface area contributed by atoms with Crippen LogP contribution in [0.5, 0.6) is 0 Å². The van der Waals surface area contributed by atoms with E-state index in [4.69, 9.17) is 5.11 Å². The molecule has 8 heteroatoms. The third-order valence-electron chi connectivity index (χ3n) is 2.80. The van der Waals surface area contributed by atoms with Crippen molar-refractivity contribution in [3.05, 3.63) is 46.0 Å². The summed E-state index contributed by atoms with van der Waals surface area (Å²) >= 11 is 1.26. The summed E-state index contributed by atoms with van der Waals surface area (Å²) in [6.45, 7) is 3.67. The molecule has 112 valence electrons. The topological polar surface area (TPSA) is 96.4 Å². The lowest BCUT2D eigenvalue weighted by Gasteiger charge is -2.06. The van der Waals surface area contributed by atoms with E-state index in [1.54, 1.807) is 13.0 Å². The van der Waals surface area contributed by atoms with Gasteiger partial charge in [-0.25, -0.2) is 18.2 Å². The Morgan fingerprint density at radius 2 is 2.10 bits per heavy atom. The van der Waals surface area contributed by atoms with E-state index in [0.29, 0.717) is 10.7 Å². The van der Waals surface area contributed by atoms with Gasteiger partial charge in [0, 0.05) is 4.88 Å². The average Bonchev–Trinajstić information content (AvgIpc) is 2.66. The van der Waals surface area contributed by atoms with Crippen molar-refractivity contribution in [1.29, 1.82) is 0 Å². The lowest BCUT2D eigenvalue weighted by Crippen LogP contribution is -2.15. The molecule has 1 aromatic heterocycles. The van der Waals surface area contributed by atoms with Gasteiger partial charge in [0.15, 0.2) is 5.13 Å². The molecule has 0 unspecified atom stereocenters. The minimum absolute atomic E-state index is 0.0589. The van der Waals surface area contributed by atoms with Crippen LogP contribution < -0.4 is 4.72 Å². The molecule has 0 fully saturated rings. The van der Waals surface area contributed by atoms with Gasteiger partial charge in [-0.3, -0.25) is 4.72 Å². The van der Waals surface area contributed by atoms with E-state index in [-0.39, 0.29) is 11.3 Å². The second-order valence-electron chi connectivity index (χ2n) is 4.53. The molecule has 0 amide bonds. The van der Waals surface area contributed by atoms with E-state index in [9.17, 15) is 13.2 Å². The van der Waals surface area contributed by atoms with E-state index in [2.05, 4.69) is 9.71 Å². The molecule has 2 aromatic rings. The number of carbonyl (C=O) groups is 1. The van der Waals surface area contributed by atoms with Gasteiger partial charge in [0.25, 0.3) is 0 Å². The van der Waals surface area contributed by atoms with Crippen LogP contribution in [-0.4, -0.2) is 24.5 Å². The highest BCUT2D eigenvalue weighted by atomic mass is 32.2. The maximum Gasteiger partial charge on any atom is 0.335 e. The van der Waals surface area contributed by atoms with Crippen molar-refractivity contribution in [2.45, 2.75) is 19.6 Å². The molecule has 6 nitrogen and oxygen atoms in total. The van der Waals surface area contributed by atoms with Crippen molar-refractivity contribution in [1.82, 2.24) is 4.98 Å². The number of carboxylic acid groups (broad SMARTS) is 1. The van der Waals surface area contributed by atoms with E-state index in [1.165, 1.54) is 29.5 Å². The summed E-state index contributed by atoms with van der Waals surface area (Å²) in [4.78, 5) is 15.9. The molecule has 0 aliphatic rings. The number of anilines is 1. The SMILES string of the molecule is Cc1nc(NS(=O)(=O)Cc2cccc(C(=O)O)c2)sc1C. The number of hydrogen-bond donors (Lipinski definition) is 2. The highest BCUT2D eigenvalue weighted by Gasteiger charge is 2.15. The van der Waals surface area contributed by atoms with Crippen LogP contribution in [0.15, 0.2) is 24.3 Å². The Hall–Kier alpha value is -1.93. The summed E-state index contributed by atoms with van der Waals surface area (Å²) < 4.78 is 26.6. The molecule has 0 spiro atoms. The second-order valence-corrected chi connectivity index (χ2v) is 7.45. The van der Waals surface area contributed by atoms with Gasteiger partial charge in [0.1, 0.15) is 0 Å². The van der Waals surface area contributed by atoms with Crippen LogP contribution in [0.1, 0.15) is 26.5 Å². The largest absolute Gasteiger partial charge is 0.478 e. The molecule has 1 heterocycles. The molecule has 21 heavy (non-hydrogen) atoms. The third-order valence-corrected chi connectivity index (χ3v) is 5.14. The molecule has 0 bridgehead atoms. The van der Waals surface area contributed by atoms with Crippen LogP contribution in [0, 0.1) is 13.8 Å². The molecular formula is C13H14N2O4S2. The number of hydrogen-bond acceptors (Lipinski definition) is 5. The minimum atomic E-state index is -3.63. The Morgan fingerprint density at radius 3 is 2.67 bits per heavy atom. The average molecular weight is 326 g/mol. The lowest BCUT2D eigenvalue weighted by atomic mass is 10.1. The zero-order chi connectivity index (χ0) is 15.6. The minimum Gasteiger partial charge on any atom is -0.478 e. The maximum atomic E-state index is 12.1. The number of aromatic nitrogens is 1. The van der Waals surface area contributed by atoms with Gasteiger partial charge in [0.2, 0.25) is 10.0 Å². The van der Waals surface area contributed by atoms with Crippen molar-refractivity contribution in [3.8, 4) is 0 Å². The molecule has 0 saturated heterocycles. The molecule has 1 aromatic carbocycles. The van der Waals surface area contributed by atoms with Gasteiger partial charge in [0.05, 0.1) is 17.0 Å². The lowest BCUT2D eigenvalue weighted by molar-refractivity contribution is 0.0696. The number of nitrogens with zero attached hydrogens (tertiary/aromatic N) is 1. The number of rotatable bonds is 5. The smallest absolute Gasteiger partial charge is 0.335 e. The Balaban J connectivity index is 2.17. The fourth-order valence-corrected chi connectivity index (χ4v) is 3.91. The van der Waals surface area contributed by atoms with Gasteiger partial charge in [-0.1, -0.05) is 12.1 Å². The number of aryl methyl sites for hydroxylation is 2. The summed E-state index contributed by atoms with van der Waals surface area (Å²) in [5.74, 6) is -1.39. The van der Waals surface area contributed by atoms with Gasteiger partial charge in [-0.15, -0.1) is 11.3 Å². The fourth-order valence-electron chi connectivity index (χ4n) is 1.70. The van der Waals surface area contributed by atoms with Gasteiger partial charge >= 0.3 is 5.97 Å². The first-order valence-electron chi connectivity index (χ1n) is 6.03. The van der Waals surface area contributed by atoms with Crippen LogP contribution in [-0.2, 0) is 15.8 Å². The van der Waals surface area contributed by atoms with E-state index >= 15 is 0 Å². The number of carboxylic acids is 1. The van der Waals surface area contributed by atoms with Gasteiger partial charge in [-0.05, 0) is 31.5 Å². The highest BCUT2D eigenvalue weighted by Crippen LogP contribution is 2.23. The molecule has 0 atom stereocenters. The van der Waals surface area contributed by atoms with Crippen LogP contribution in [0.2, 0.25) is 0 Å². The number of sulfonamides is 1. The van der Waals surface area contributed by atoms with E-state index in [1.807, 2.05) is 6.92 Å². The quantitative estimate of drug-likeness (QED) is 0.879. The fraction of sp³-hybridized carbons (Fsp3) is 0.231. The van der Waals surface area contributed by atoms with Crippen LogP contribution >= 0.6 is 11.3 Å². The van der Waals surface area contributed by atoms with Crippen LogP contribution in [0.25, 0.3) is 0 Å². The highest BCUT2D eigenvalue weighted by molar-refractivity contribution is 7.92. The Bertz CT molecular complexity index is 762. The first-order chi connectivity index (χ1) is 9.77. The van der Waals surface area contributed by atoms with E-state index in [0.717, 1.165) is 10.6 Å².